The van der Waals surface area contributed by atoms with E-state index in [0.717, 1.165) is 56.4 Å². The average molecular weight is 341 g/mol. The summed E-state index contributed by atoms with van der Waals surface area (Å²) < 4.78 is 5.99. The SMILES string of the molecule is O=C(N1CCCC(Oc2cnccn2)C1)C12CC3CC(CC(C3)C1)C2. The van der Waals surface area contributed by atoms with Gasteiger partial charge in [0.15, 0.2) is 0 Å². The Morgan fingerprint density at radius 2 is 1.84 bits per heavy atom. The van der Waals surface area contributed by atoms with Gasteiger partial charge in [0, 0.05) is 18.9 Å². The summed E-state index contributed by atoms with van der Waals surface area (Å²) in [5.74, 6) is 3.43. The van der Waals surface area contributed by atoms with Crippen molar-refractivity contribution < 1.29 is 9.53 Å². The van der Waals surface area contributed by atoms with Crippen molar-refractivity contribution in [2.24, 2.45) is 23.2 Å². The molecule has 4 aliphatic carbocycles. The Morgan fingerprint density at radius 1 is 1.12 bits per heavy atom. The molecule has 5 nitrogen and oxygen atoms in total. The van der Waals surface area contributed by atoms with Crippen LogP contribution < -0.4 is 4.74 Å². The highest BCUT2D eigenvalue weighted by Crippen LogP contribution is 2.60. The van der Waals surface area contributed by atoms with Gasteiger partial charge in [0.2, 0.25) is 11.8 Å². The number of nitrogens with zero attached hydrogens (tertiary/aromatic N) is 3. The van der Waals surface area contributed by atoms with Crippen molar-refractivity contribution in [3.8, 4) is 5.88 Å². The number of carbonyl (C=O) groups is 1. The second-order valence-electron chi connectivity index (χ2n) is 8.87. The van der Waals surface area contributed by atoms with Gasteiger partial charge in [-0.25, -0.2) is 4.98 Å². The number of piperidine rings is 1. The van der Waals surface area contributed by atoms with E-state index in [-0.39, 0.29) is 11.5 Å². The lowest BCUT2D eigenvalue weighted by molar-refractivity contribution is -0.160. The zero-order valence-electron chi connectivity index (χ0n) is 14.8. The maximum Gasteiger partial charge on any atom is 0.232 e. The van der Waals surface area contributed by atoms with Crippen molar-refractivity contribution >= 4 is 5.91 Å². The fourth-order valence-corrected chi connectivity index (χ4v) is 6.44. The molecule has 1 aromatic rings. The molecular weight excluding hydrogens is 314 g/mol. The number of likely N-dealkylation sites (tertiary alicyclic amines) is 1. The molecule has 0 aromatic carbocycles. The van der Waals surface area contributed by atoms with Crippen LogP contribution in [0, 0.1) is 23.2 Å². The summed E-state index contributed by atoms with van der Waals surface area (Å²) in [6, 6.07) is 0. The number of hydrogen-bond acceptors (Lipinski definition) is 4. The molecule has 2 heterocycles. The Morgan fingerprint density at radius 3 is 2.48 bits per heavy atom. The van der Waals surface area contributed by atoms with Gasteiger partial charge in [-0.2, -0.15) is 0 Å². The smallest absolute Gasteiger partial charge is 0.232 e. The van der Waals surface area contributed by atoms with Crippen LogP contribution in [0.5, 0.6) is 5.88 Å². The third-order valence-electron chi connectivity index (χ3n) is 6.98. The highest BCUT2D eigenvalue weighted by molar-refractivity contribution is 5.83. The van der Waals surface area contributed by atoms with Gasteiger partial charge in [0.1, 0.15) is 6.10 Å². The molecule has 0 N–H and O–H groups in total. The zero-order chi connectivity index (χ0) is 16.9. The summed E-state index contributed by atoms with van der Waals surface area (Å²) >= 11 is 0. The first-order valence-electron chi connectivity index (χ1n) is 9.92. The van der Waals surface area contributed by atoms with Crippen LogP contribution in [0.1, 0.15) is 51.4 Å². The van der Waals surface area contributed by atoms with E-state index in [1.54, 1.807) is 18.6 Å². The quantitative estimate of drug-likeness (QED) is 0.848. The van der Waals surface area contributed by atoms with Crippen molar-refractivity contribution in [3.63, 3.8) is 0 Å². The molecule has 25 heavy (non-hydrogen) atoms. The van der Waals surface area contributed by atoms with E-state index in [2.05, 4.69) is 14.9 Å². The molecule has 4 saturated carbocycles. The summed E-state index contributed by atoms with van der Waals surface area (Å²) in [6.45, 7) is 1.60. The molecule has 0 spiro atoms. The number of aromatic nitrogens is 2. The molecule has 1 saturated heterocycles. The van der Waals surface area contributed by atoms with E-state index >= 15 is 0 Å². The largest absolute Gasteiger partial charge is 0.471 e. The molecule has 5 heteroatoms. The van der Waals surface area contributed by atoms with Crippen LogP contribution in [0.4, 0.5) is 0 Å². The summed E-state index contributed by atoms with van der Waals surface area (Å²) in [5, 5.41) is 0. The minimum absolute atomic E-state index is 0.0385. The van der Waals surface area contributed by atoms with Gasteiger partial charge in [0.25, 0.3) is 0 Å². The molecule has 134 valence electrons. The van der Waals surface area contributed by atoms with E-state index in [9.17, 15) is 4.79 Å². The maximum atomic E-state index is 13.5. The average Bonchev–Trinajstić information content (AvgIpc) is 2.61. The molecule has 1 unspecified atom stereocenters. The highest BCUT2D eigenvalue weighted by atomic mass is 16.5. The minimum atomic E-state index is -0.0385. The fraction of sp³-hybridized carbons (Fsp3) is 0.750. The summed E-state index contributed by atoms with van der Waals surface area (Å²) in [6.07, 6.45) is 14.6. The Balaban J connectivity index is 1.29. The van der Waals surface area contributed by atoms with E-state index in [1.165, 1.54) is 19.3 Å². The van der Waals surface area contributed by atoms with Crippen LogP contribution in [0.15, 0.2) is 18.6 Å². The van der Waals surface area contributed by atoms with Gasteiger partial charge < -0.3 is 9.64 Å². The normalized spacial score (nSPS) is 39.4. The van der Waals surface area contributed by atoms with Crippen LogP contribution >= 0.6 is 0 Å². The predicted molar refractivity (Wildman–Crippen MR) is 92.9 cm³/mol. The molecule has 1 atom stereocenters. The van der Waals surface area contributed by atoms with E-state index in [4.69, 9.17) is 4.74 Å². The second-order valence-corrected chi connectivity index (χ2v) is 8.87. The van der Waals surface area contributed by atoms with E-state index < -0.39 is 0 Å². The first-order valence-corrected chi connectivity index (χ1v) is 9.92. The summed E-state index contributed by atoms with van der Waals surface area (Å²) in [7, 11) is 0. The number of amides is 1. The minimum Gasteiger partial charge on any atom is -0.471 e. The van der Waals surface area contributed by atoms with Crippen molar-refractivity contribution in [2.45, 2.75) is 57.5 Å². The van der Waals surface area contributed by atoms with Crippen molar-refractivity contribution in [1.82, 2.24) is 14.9 Å². The van der Waals surface area contributed by atoms with Gasteiger partial charge in [-0.1, -0.05) is 0 Å². The Hall–Kier alpha value is -1.65. The molecule has 1 aromatic heterocycles. The number of rotatable bonds is 3. The van der Waals surface area contributed by atoms with Crippen molar-refractivity contribution in [2.75, 3.05) is 13.1 Å². The molecule has 1 aliphatic heterocycles. The molecule has 5 aliphatic rings. The first kappa shape index (κ1) is 15.6. The molecular formula is C20H27N3O2. The second kappa shape index (κ2) is 5.96. The third-order valence-corrected chi connectivity index (χ3v) is 6.98. The summed E-state index contributed by atoms with van der Waals surface area (Å²) in [5.41, 5.74) is -0.0385. The molecule has 1 amide bonds. The van der Waals surface area contributed by atoms with Gasteiger partial charge in [-0.3, -0.25) is 9.78 Å². The molecule has 0 radical (unpaired) electrons. The highest BCUT2D eigenvalue weighted by Gasteiger charge is 2.55. The van der Waals surface area contributed by atoms with Crippen molar-refractivity contribution in [3.05, 3.63) is 18.6 Å². The lowest BCUT2D eigenvalue weighted by Crippen LogP contribution is -2.57. The topological polar surface area (TPSA) is 55.3 Å². The van der Waals surface area contributed by atoms with Crippen LogP contribution in [-0.4, -0.2) is 40.0 Å². The van der Waals surface area contributed by atoms with Crippen LogP contribution in [0.2, 0.25) is 0 Å². The zero-order valence-corrected chi connectivity index (χ0v) is 14.8. The fourth-order valence-electron chi connectivity index (χ4n) is 6.44. The molecule has 6 rings (SSSR count). The predicted octanol–water partition coefficient (Wildman–Crippen LogP) is 3.06. The van der Waals surface area contributed by atoms with Crippen molar-refractivity contribution in [1.29, 1.82) is 0 Å². The van der Waals surface area contributed by atoms with Gasteiger partial charge in [-0.05, 0) is 69.1 Å². The van der Waals surface area contributed by atoms with Gasteiger partial charge in [0.05, 0.1) is 18.2 Å². The molecule has 4 bridgehead atoms. The Kier molecular flexibility index (Phi) is 3.72. The monoisotopic (exact) mass is 341 g/mol. The van der Waals surface area contributed by atoms with E-state index in [0.29, 0.717) is 18.3 Å². The summed E-state index contributed by atoms with van der Waals surface area (Å²) in [4.78, 5) is 23.9. The standard InChI is InChI=1S/C20H27N3O2/c24-19(20-9-14-6-15(10-20)8-16(7-14)11-20)23-5-1-2-17(13-23)25-18-12-21-3-4-22-18/h3-4,12,14-17H,1-2,5-11,13H2. The number of carbonyl (C=O) groups excluding carboxylic acids is 1. The first-order chi connectivity index (χ1) is 12.2. The van der Waals surface area contributed by atoms with Gasteiger partial charge in [-0.15, -0.1) is 0 Å². The Labute approximate surface area is 149 Å². The lowest BCUT2D eigenvalue weighted by Gasteiger charge is -2.57. The maximum absolute atomic E-state index is 13.5. The molecule has 5 fully saturated rings. The van der Waals surface area contributed by atoms with Crippen LogP contribution in [-0.2, 0) is 4.79 Å². The number of hydrogen-bond donors (Lipinski definition) is 0. The third kappa shape index (κ3) is 2.81. The van der Waals surface area contributed by atoms with Crippen LogP contribution in [0.25, 0.3) is 0 Å². The Bertz CT molecular complexity index is 612. The lowest BCUT2D eigenvalue weighted by atomic mass is 9.49. The van der Waals surface area contributed by atoms with E-state index in [1.807, 2.05) is 0 Å². The van der Waals surface area contributed by atoms with Crippen LogP contribution in [0.3, 0.4) is 0 Å². The van der Waals surface area contributed by atoms with Gasteiger partial charge >= 0.3 is 0 Å². The number of ether oxygens (including phenoxy) is 1.